The van der Waals surface area contributed by atoms with Crippen molar-refractivity contribution in [1.82, 2.24) is 0 Å². The second kappa shape index (κ2) is 8.20. The second-order valence-electron chi connectivity index (χ2n) is 12.0. The van der Waals surface area contributed by atoms with Gasteiger partial charge in [-0.15, -0.1) is 0 Å². The van der Waals surface area contributed by atoms with Crippen LogP contribution in [0, 0.1) is 0 Å². The summed E-state index contributed by atoms with van der Waals surface area (Å²) in [6.07, 6.45) is 0. The van der Waals surface area contributed by atoms with E-state index in [1.807, 2.05) is 6.07 Å². The molecular weight excluding hydrogens is 491 g/mol. The summed E-state index contributed by atoms with van der Waals surface area (Å²) in [6, 6.07) is 37.1. The van der Waals surface area contributed by atoms with Gasteiger partial charge in [0.25, 0.3) is 0 Å². The standard InChI is InChI=1S/C36H29BO3/c1-35(2)36(3,4)40-37(39-35)26-16-17-33-31(20-26)32-21-30-24(19-34(32)38-33)9-7-11-28(30)25-15-14-23-13-12-22-8-5-6-10-27(22)29(23)18-25/h5-21H,1-4H3. The van der Waals surface area contributed by atoms with E-state index in [4.69, 9.17) is 13.7 Å². The summed E-state index contributed by atoms with van der Waals surface area (Å²) < 4.78 is 19.0. The highest BCUT2D eigenvalue weighted by molar-refractivity contribution is 6.62. The Kier molecular flexibility index (Phi) is 4.87. The topological polar surface area (TPSA) is 31.6 Å². The van der Waals surface area contributed by atoms with Crippen LogP contribution in [0.2, 0.25) is 0 Å². The summed E-state index contributed by atoms with van der Waals surface area (Å²) in [7, 11) is -0.414. The molecule has 7 aromatic rings. The SMILES string of the molecule is CC1(C)OB(c2ccc3oc4cc5cccc(-c6ccc7ccc8ccccc8c7c6)c5cc4c3c2)OC1(C)C. The monoisotopic (exact) mass is 520 g/mol. The van der Waals surface area contributed by atoms with Crippen LogP contribution in [0.5, 0.6) is 0 Å². The Bertz CT molecular complexity index is 2120. The van der Waals surface area contributed by atoms with E-state index >= 15 is 0 Å². The maximum atomic E-state index is 6.35. The third-order valence-electron chi connectivity index (χ3n) is 9.08. The molecule has 0 amide bonds. The van der Waals surface area contributed by atoms with Gasteiger partial charge in [0.2, 0.25) is 0 Å². The fourth-order valence-corrected chi connectivity index (χ4v) is 6.11. The van der Waals surface area contributed by atoms with Crippen molar-refractivity contribution in [3.63, 3.8) is 0 Å². The zero-order valence-corrected chi connectivity index (χ0v) is 23.1. The lowest BCUT2D eigenvalue weighted by Gasteiger charge is -2.32. The predicted molar refractivity (Wildman–Crippen MR) is 167 cm³/mol. The molecule has 4 heteroatoms. The molecule has 0 aliphatic carbocycles. The maximum Gasteiger partial charge on any atom is 0.494 e. The van der Waals surface area contributed by atoms with Gasteiger partial charge in [-0.25, -0.2) is 0 Å². The van der Waals surface area contributed by atoms with Crippen molar-refractivity contribution in [2.75, 3.05) is 0 Å². The maximum absolute atomic E-state index is 6.35. The van der Waals surface area contributed by atoms with Gasteiger partial charge in [0, 0.05) is 10.8 Å². The number of hydrogen-bond acceptors (Lipinski definition) is 3. The summed E-state index contributed by atoms with van der Waals surface area (Å²) >= 11 is 0. The molecule has 0 atom stereocenters. The van der Waals surface area contributed by atoms with Crippen LogP contribution in [-0.2, 0) is 9.31 Å². The molecule has 3 nitrogen and oxygen atoms in total. The van der Waals surface area contributed by atoms with E-state index in [0.29, 0.717) is 0 Å². The first-order valence-corrected chi connectivity index (χ1v) is 13.9. The molecule has 1 aliphatic rings. The van der Waals surface area contributed by atoms with Crippen molar-refractivity contribution in [2.24, 2.45) is 0 Å². The molecule has 1 saturated heterocycles. The molecule has 0 saturated carbocycles. The summed E-state index contributed by atoms with van der Waals surface area (Å²) in [6.45, 7) is 8.34. The number of hydrogen-bond donors (Lipinski definition) is 0. The largest absolute Gasteiger partial charge is 0.494 e. The van der Waals surface area contributed by atoms with Crippen molar-refractivity contribution in [2.45, 2.75) is 38.9 Å². The average molecular weight is 520 g/mol. The third kappa shape index (κ3) is 3.46. The third-order valence-corrected chi connectivity index (χ3v) is 9.08. The van der Waals surface area contributed by atoms with Crippen molar-refractivity contribution >= 4 is 66.8 Å². The number of fused-ring (bicyclic) bond motifs is 7. The first-order valence-electron chi connectivity index (χ1n) is 13.9. The van der Waals surface area contributed by atoms with E-state index in [1.165, 1.54) is 38.1 Å². The Balaban J connectivity index is 1.31. The Morgan fingerprint density at radius 1 is 0.500 bits per heavy atom. The molecule has 0 unspecified atom stereocenters. The van der Waals surface area contributed by atoms with Gasteiger partial charge < -0.3 is 13.7 Å². The Morgan fingerprint density at radius 3 is 2.02 bits per heavy atom. The number of furan rings is 1. The van der Waals surface area contributed by atoms with Gasteiger partial charge in [-0.05, 0) is 101 Å². The van der Waals surface area contributed by atoms with Crippen LogP contribution in [0.3, 0.4) is 0 Å². The molecule has 0 N–H and O–H groups in total. The minimum Gasteiger partial charge on any atom is -0.456 e. The van der Waals surface area contributed by atoms with Crippen LogP contribution in [0.15, 0.2) is 108 Å². The normalized spacial score (nSPS) is 16.6. The average Bonchev–Trinajstić information content (AvgIpc) is 3.42. The van der Waals surface area contributed by atoms with Crippen LogP contribution >= 0.6 is 0 Å². The van der Waals surface area contributed by atoms with E-state index in [0.717, 1.165) is 32.8 Å². The van der Waals surface area contributed by atoms with Crippen molar-refractivity contribution in [3.8, 4) is 11.1 Å². The molecule has 2 heterocycles. The highest BCUT2D eigenvalue weighted by atomic mass is 16.7. The predicted octanol–water partition coefficient (Wildman–Crippen LogP) is 9.01. The molecule has 194 valence electrons. The lowest BCUT2D eigenvalue weighted by Crippen LogP contribution is -2.41. The van der Waals surface area contributed by atoms with Gasteiger partial charge in [-0.1, -0.05) is 78.9 Å². The first-order chi connectivity index (χ1) is 19.3. The lowest BCUT2D eigenvalue weighted by molar-refractivity contribution is 0.00578. The van der Waals surface area contributed by atoms with Crippen LogP contribution < -0.4 is 5.46 Å². The smallest absolute Gasteiger partial charge is 0.456 e. The molecule has 0 radical (unpaired) electrons. The first kappa shape index (κ1) is 23.7. The van der Waals surface area contributed by atoms with Crippen LogP contribution in [0.4, 0.5) is 0 Å². The fourth-order valence-electron chi connectivity index (χ4n) is 6.11. The number of rotatable bonds is 2. The van der Waals surface area contributed by atoms with Crippen molar-refractivity contribution in [1.29, 1.82) is 0 Å². The summed E-state index contributed by atoms with van der Waals surface area (Å²) in [4.78, 5) is 0. The van der Waals surface area contributed by atoms with E-state index in [-0.39, 0.29) is 11.2 Å². The van der Waals surface area contributed by atoms with E-state index in [9.17, 15) is 0 Å². The Labute approximate surface area is 233 Å². The molecule has 0 spiro atoms. The highest BCUT2D eigenvalue weighted by Crippen LogP contribution is 2.39. The second-order valence-corrected chi connectivity index (χ2v) is 12.0. The van der Waals surface area contributed by atoms with Gasteiger partial charge >= 0.3 is 7.12 Å². The minimum atomic E-state index is -0.414. The van der Waals surface area contributed by atoms with Crippen molar-refractivity contribution < 1.29 is 13.7 Å². The molecular formula is C36H29BO3. The van der Waals surface area contributed by atoms with Crippen LogP contribution in [-0.4, -0.2) is 18.3 Å². The van der Waals surface area contributed by atoms with Gasteiger partial charge in [0.1, 0.15) is 11.2 Å². The molecule has 0 bridgehead atoms. The fraction of sp³-hybridized carbons (Fsp3) is 0.167. The van der Waals surface area contributed by atoms with E-state index in [1.54, 1.807) is 0 Å². The molecule has 1 aliphatic heterocycles. The molecule has 1 fully saturated rings. The Hall–Kier alpha value is -4.12. The minimum absolute atomic E-state index is 0.388. The molecule has 1 aromatic heterocycles. The summed E-state index contributed by atoms with van der Waals surface area (Å²) in [5, 5.41) is 9.60. The van der Waals surface area contributed by atoms with Crippen molar-refractivity contribution in [3.05, 3.63) is 103 Å². The zero-order valence-electron chi connectivity index (χ0n) is 23.1. The summed E-state index contributed by atoms with van der Waals surface area (Å²) in [5.74, 6) is 0. The van der Waals surface area contributed by atoms with E-state index < -0.39 is 7.12 Å². The quantitative estimate of drug-likeness (QED) is 0.168. The molecule has 8 rings (SSSR count). The van der Waals surface area contributed by atoms with Gasteiger partial charge in [-0.3, -0.25) is 0 Å². The lowest BCUT2D eigenvalue weighted by atomic mass is 9.78. The highest BCUT2D eigenvalue weighted by Gasteiger charge is 2.51. The molecule has 6 aromatic carbocycles. The van der Waals surface area contributed by atoms with Gasteiger partial charge in [0.15, 0.2) is 0 Å². The van der Waals surface area contributed by atoms with Crippen LogP contribution in [0.1, 0.15) is 27.7 Å². The molecule has 40 heavy (non-hydrogen) atoms. The zero-order chi connectivity index (χ0) is 27.2. The van der Waals surface area contributed by atoms with E-state index in [2.05, 4.69) is 125 Å². The number of benzene rings is 6. The van der Waals surface area contributed by atoms with Gasteiger partial charge in [-0.2, -0.15) is 0 Å². The summed E-state index contributed by atoms with van der Waals surface area (Å²) in [5.41, 5.74) is 4.40. The van der Waals surface area contributed by atoms with Crippen LogP contribution in [0.25, 0.3) is 65.4 Å². The Morgan fingerprint density at radius 2 is 1.20 bits per heavy atom. The van der Waals surface area contributed by atoms with Gasteiger partial charge in [0.05, 0.1) is 11.2 Å².